The molecule has 2 atom stereocenters. The second kappa shape index (κ2) is 5.14. The van der Waals surface area contributed by atoms with Gasteiger partial charge in [0.25, 0.3) is 5.91 Å². The van der Waals surface area contributed by atoms with Crippen molar-refractivity contribution in [1.29, 1.82) is 0 Å². The van der Waals surface area contributed by atoms with E-state index in [1.54, 1.807) is 29.3 Å². The predicted octanol–water partition coefficient (Wildman–Crippen LogP) is 0.442. The number of nitrogens with two attached hydrogens (primary N) is 1. The first-order valence-electron chi connectivity index (χ1n) is 5.91. The number of nitrogens with one attached hydrogen (secondary N) is 1. The molecule has 6 heteroatoms. The van der Waals surface area contributed by atoms with Gasteiger partial charge in [-0.15, -0.1) is 0 Å². The maximum Gasteiger partial charge on any atom is 0.255 e. The van der Waals surface area contributed by atoms with Crippen LogP contribution in [-0.2, 0) is 0 Å². The molecular weight excluding hydrogens is 230 g/mol. The Morgan fingerprint density at radius 1 is 1.50 bits per heavy atom. The number of carbonyl (C=O) groups is 1. The van der Waals surface area contributed by atoms with Crippen LogP contribution in [0.2, 0.25) is 0 Å². The summed E-state index contributed by atoms with van der Waals surface area (Å²) in [6.45, 7) is 4.49. The van der Waals surface area contributed by atoms with E-state index in [4.69, 9.17) is 5.73 Å². The molecule has 0 saturated carbocycles. The number of aromatic nitrogens is 3. The minimum Gasteiger partial charge on any atom is -0.349 e. The quantitative estimate of drug-likeness (QED) is 0.821. The van der Waals surface area contributed by atoms with Gasteiger partial charge in [-0.1, -0.05) is 6.92 Å². The fourth-order valence-corrected chi connectivity index (χ4v) is 1.64. The van der Waals surface area contributed by atoms with Crippen molar-refractivity contribution < 1.29 is 4.79 Å². The van der Waals surface area contributed by atoms with Crippen LogP contribution in [0.25, 0.3) is 5.52 Å². The number of fused-ring (bicyclic) bond motifs is 1. The van der Waals surface area contributed by atoms with Crippen molar-refractivity contribution in [2.24, 2.45) is 11.7 Å². The van der Waals surface area contributed by atoms with Crippen LogP contribution < -0.4 is 11.1 Å². The van der Waals surface area contributed by atoms with E-state index in [0.717, 1.165) is 0 Å². The molecule has 0 spiro atoms. The molecule has 0 aliphatic heterocycles. The van der Waals surface area contributed by atoms with E-state index >= 15 is 0 Å². The van der Waals surface area contributed by atoms with Crippen molar-refractivity contribution in [3.8, 4) is 0 Å². The van der Waals surface area contributed by atoms with Gasteiger partial charge in [-0.25, -0.2) is 4.52 Å². The SMILES string of the molecule is CC(CN)C(C)NC(=O)c1cnn2ccncc12. The number of hydrogen-bond donors (Lipinski definition) is 2. The molecule has 1 amide bonds. The number of carbonyl (C=O) groups excluding carboxylic acids is 1. The van der Waals surface area contributed by atoms with E-state index in [0.29, 0.717) is 17.6 Å². The van der Waals surface area contributed by atoms with Crippen molar-refractivity contribution in [3.05, 3.63) is 30.4 Å². The molecule has 0 radical (unpaired) electrons. The predicted molar refractivity (Wildman–Crippen MR) is 68.1 cm³/mol. The third-order valence-corrected chi connectivity index (χ3v) is 3.15. The molecule has 2 rings (SSSR count). The average Bonchev–Trinajstić information content (AvgIpc) is 2.81. The molecule has 18 heavy (non-hydrogen) atoms. The molecule has 2 aromatic rings. The van der Waals surface area contributed by atoms with Gasteiger partial charge in [-0.3, -0.25) is 9.78 Å². The highest BCUT2D eigenvalue weighted by Crippen LogP contribution is 2.09. The Morgan fingerprint density at radius 2 is 2.28 bits per heavy atom. The van der Waals surface area contributed by atoms with Crippen LogP contribution in [0.3, 0.4) is 0 Å². The lowest BCUT2D eigenvalue weighted by atomic mass is 10.0. The Morgan fingerprint density at radius 3 is 3.00 bits per heavy atom. The maximum absolute atomic E-state index is 12.1. The number of rotatable bonds is 4. The second-order valence-corrected chi connectivity index (χ2v) is 4.44. The summed E-state index contributed by atoms with van der Waals surface area (Å²) in [5.74, 6) is 0.0831. The summed E-state index contributed by atoms with van der Waals surface area (Å²) in [6.07, 6.45) is 6.50. The molecule has 3 N–H and O–H groups in total. The van der Waals surface area contributed by atoms with E-state index in [1.807, 2.05) is 13.8 Å². The van der Waals surface area contributed by atoms with Gasteiger partial charge in [0.1, 0.15) is 0 Å². The highest BCUT2D eigenvalue weighted by Gasteiger charge is 2.17. The van der Waals surface area contributed by atoms with E-state index in [9.17, 15) is 4.79 Å². The Kier molecular flexibility index (Phi) is 3.57. The number of nitrogens with zero attached hydrogens (tertiary/aromatic N) is 3. The molecule has 2 heterocycles. The maximum atomic E-state index is 12.1. The van der Waals surface area contributed by atoms with Gasteiger partial charge >= 0.3 is 0 Å². The molecule has 0 fully saturated rings. The van der Waals surface area contributed by atoms with Crippen molar-refractivity contribution >= 4 is 11.4 Å². The van der Waals surface area contributed by atoms with Crippen LogP contribution in [-0.4, -0.2) is 33.1 Å². The highest BCUT2D eigenvalue weighted by molar-refractivity contribution is 6.00. The Hall–Kier alpha value is -1.95. The van der Waals surface area contributed by atoms with Crippen LogP contribution in [0, 0.1) is 5.92 Å². The summed E-state index contributed by atoms with van der Waals surface area (Å²) in [5, 5.41) is 7.03. The van der Waals surface area contributed by atoms with E-state index < -0.39 is 0 Å². The zero-order valence-electron chi connectivity index (χ0n) is 10.5. The smallest absolute Gasteiger partial charge is 0.255 e. The summed E-state index contributed by atoms with van der Waals surface area (Å²) >= 11 is 0. The van der Waals surface area contributed by atoms with E-state index in [1.165, 1.54) is 0 Å². The van der Waals surface area contributed by atoms with Crippen LogP contribution in [0.15, 0.2) is 24.8 Å². The summed E-state index contributed by atoms with van der Waals surface area (Å²) in [7, 11) is 0. The highest BCUT2D eigenvalue weighted by atomic mass is 16.1. The fraction of sp³-hybridized carbons (Fsp3) is 0.417. The molecule has 2 aromatic heterocycles. The fourth-order valence-electron chi connectivity index (χ4n) is 1.64. The van der Waals surface area contributed by atoms with Crippen molar-refractivity contribution in [1.82, 2.24) is 19.9 Å². The summed E-state index contributed by atoms with van der Waals surface area (Å²) in [5.41, 5.74) is 6.80. The second-order valence-electron chi connectivity index (χ2n) is 4.44. The summed E-state index contributed by atoms with van der Waals surface area (Å²) < 4.78 is 1.62. The lowest BCUT2D eigenvalue weighted by molar-refractivity contribution is 0.0931. The Bertz CT molecular complexity index is 550. The Balaban J connectivity index is 2.19. The monoisotopic (exact) mass is 247 g/mol. The summed E-state index contributed by atoms with van der Waals surface area (Å²) in [4.78, 5) is 16.1. The van der Waals surface area contributed by atoms with Crippen LogP contribution in [0.4, 0.5) is 0 Å². The van der Waals surface area contributed by atoms with Crippen LogP contribution in [0.5, 0.6) is 0 Å². The number of hydrogen-bond acceptors (Lipinski definition) is 4. The molecule has 0 aliphatic carbocycles. The van der Waals surface area contributed by atoms with Gasteiger partial charge in [0.05, 0.1) is 23.5 Å². The van der Waals surface area contributed by atoms with Crippen molar-refractivity contribution in [3.63, 3.8) is 0 Å². The van der Waals surface area contributed by atoms with Gasteiger partial charge in [-0.2, -0.15) is 5.10 Å². The topological polar surface area (TPSA) is 85.3 Å². The minimum atomic E-state index is -0.147. The molecule has 0 aliphatic rings. The van der Waals surface area contributed by atoms with E-state index in [-0.39, 0.29) is 17.9 Å². The van der Waals surface area contributed by atoms with Gasteiger partial charge in [0.2, 0.25) is 0 Å². The standard InChI is InChI=1S/C12H17N5O/c1-8(5-13)9(2)16-12(18)10-6-15-17-4-3-14-7-11(10)17/h3-4,6-9H,5,13H2,1-2H3,(H,16,18). The zero-order valence-corrected chi connectivity index (χ0v) is 10.5. The molecule has 0 bridgehead atoms. The molecule has 0 aromatic carbocycles. The van der Waals surface area contributed by atoms with Crippen LogP contribution >= 0.6 is 0 Å². The zero-order chi connectivity index (χ0) is 13.1. The average molecular weight is 247 g/mol. The van der Waals surface area contributed by atoms with Gasteiger partial charge in [0.15, 0.2) is 0 Å². The normalized spacial score (nSPS) is 14.4. The van der Waals surface area contributed by atoms with Gasteiger partial charge in [0, 0.05) is 18.4 Å². The molecule has 96 valence electrons. The molecule has 0 saturated heterocycles. The molecule has 2 unspecified atom stereocenters. The Labute approximate surface area is 105 Å². The lowest BCUT2D eigenvalue weighted by Gasteiger charge is -2.19. The first kappa shape index (κ1) is 12.5. The molecule has 6 nitrogen and oxygen atoms in total. The minimum absolute atomic E-state index is 0.0223. The van der Waals surface area contributed by atoms with Gasteiger partial charge in [-0.05, 0) is 19.4 Å². The van der Waals surface area contributed by atoms with Gasteiger partial charge < -0.3 is 11.1 Å². The largest absolute Gasteiger partial charge is 0.349 e. The van der Waals surface area contributed by atoms with Crippen molar-refractivity contribution in [2.75, 3.05) is 6.54 Å². The first-order chi connectivity index (χ1) is 8.63. The van der Waals surface area contributed by atoms with E-state index in [2.05, 4.69) is 15.4 Å². The number of amides is 1. The summed E-state index contributed by atoms with van der Waals surface area (Å²) in [6, 6.07) is 0.0223. The third-order valence-electron chi connectivity index (χ3n) is 3.15. The molecular formula is C12H17N5O. The van der Waals surface area contributed by atoms with Crippen molar-refractivity contribution in [2.45, 2.75) is 19.9 Å². The van der Waals surface area contributed by atoms with Crippen LogP contribution in [0.1, 0.15) is 24.2 Å². The third kappa shape index (κ3) is 2.33. The lowest BCUT2D eigenvalue weighted by Crippen LogP contribution is -2.39. The first-order valence-corrected chi connectivity index (χ1v) is 5.91.